The van der Waals surface area contributed by atoms with E-state index >= 15 is 0 Å². The molecule has 11 rings (SSSR count). The van der Waals surface area contributed by atoms with E-state index in [1.165, 1.54) is 0 Å². The molecule has 0 fully saturated rings. The summed E-state index contributed by atoms with van der Waals surface area (Å²) in [6.45, 7) is 0. The van der Waals surface area contributed by atoms with Crippen LogP contribution in [-0.2, 0) is 0 Å². The van der Waals surface area contributed by atoms with E-state index in [0.29, 0.717) is 10.9 Å². The fourth-order valence-corrected chi connectivity index (χ4v) is 7.47. The Morgan fingerprint density at radius 2 is 0.941 bits per heavy atom. The van der Waals surface area contributed by atoms with Crippen molar-refractivity contribution in [2.45, 2.75) is 0 Å². The highest BCUT2D eigenvalue weighted by atomic mass is 16.3. The van der Waals surface area contributed by atoms with Crippen LogP contribution in [0.2, 0.25) is 0 Å². The number of fused-ring (bicyclic) bond motifs is 9. The smallest absolute Gasteiger partial charge is 0.136 e. The molecule has 1 heteroatoms. The van der Waals surface area contributed by atoms with Gasteiger partial charge in [0.2, 0.25) is 0 Å². The molecule has 0 bridgehead atoms. The molecule has 1 aromatic heterocycles. The third kappa shape index (κ3) is 4.28. The average molecular weight is 662 g/mol. The van der Waals surface area contributed by atoms with Crippen molar-refractivity contribution in [2.75, 3.05) is 0 Å². The zero-order valence-corrected chi connectivity index (χ0v) is 26.6. The molecule has 11 aromatic rings. The van der Waals surface area contributed by atoms with Crippen LogP contribution in [0.25, 0.3) is 109 Å². The van der Waals surface area contributed by atoms with E-state index in [2.05, 4.69) is 18.2 Å². The zero-order chi connectivity index (χ0) is 46.5. The Morgan fingerprint density at radius 3 is 1.75 bits per heavy atom. The van der Waals surface area contributed by atoms with Gasteiger partial charge in [-0.2, -0.15) is 0 Å². The molecule has 0 amide bonds. The van der Waals surface area contributed by atoms with E-state index in [1.54, 1.807) is 18.2 Å². The van der Waals surface area contributed by atoms with Crippen molar-refractivity contribution in [3.8, 4) is 33.4 Å². The largest absolute Gasteiger partial charge is 0.456 e. The Bertz CT molecular complexity index is 3970. The summed E-state index contributed by atoms with van der Waals surface area (Å²) >= 11 is 0. The molecule has 0 spiro atoms. The summed E-state index contributed by atoms with van der Waals surface area (Å²) in [5, 5.41) is 3.77. The van der Waals surface area contributed by atoms with Crippen molar-refractivity contribution in [2.24, 2.45) is 0 Å². The number of benzene rings is 10. The summed E-state index contributed by atoms with van der Waals surface area (Å²) in [4.78, 5) is 0. The van der Waals surface area contributed by atoms with Crippen LogP contribution in [0.1, 0.15) is 20.6 Å². The molecule has 10 aromatic carbocycles. The molecule has 1 heterocycles. The van der Waals surface area contributed by atoms with Gasteiger partial charge < -0.3 is 4.42 Å². The first kappa shape index (κ1) is 17.3. The zero-order valence-electron chi connectivity index (χ0n) is 41.6. The maximum Gasteiger partial charge on any atom is 0.136 e. The third-order valence-corrected chi connectivity index (χ3v) is 9.76. The predicted molar refractivity (Wildman–Crippen MR) is 218 cm³/mol. The van der Waals surface area contributed by atoms with Crippen LogP contribution >= 0.6 is 0 Å². The number of hydrogen-bond acceptors (Lipinski definition) is 1. The lowest BCUT2D eigenvalue weighted by Gasteiger charge is -2.19. The highest BCUT2D eigenvalue weighted by Gasteiger charge is 2.18. The fourth-order valence-electron chi connectivity index (χ4n) is 7.47. The van der Waals surface area contributed by atoms with Crippen molar-refractivity contribution < 1.29 is 25.0 Å². The van der Waals surface area contributed by atoms with Gasteiger partial charge in [-0.25, -0.2) is 0 Å². The molecule has 236 valence electrons. The predicted octanol–water partition coefficient (Wildman–Crippen LogP) is 14.4. The van der Waals surface area contributed by atoms with Crippen molar-refractivity contribution in [1.82, 2.24) is 0 Å². The van der Waals surface area contributed by atoms with Gasteiger partial charge in [0.05, 0.1) is 20.6 Å². The van der Waals surface area contributed by atoms with Crippen molar-refractivity contribution in [3.05, 3.63) is 182 Å². The summed E-state index contributed by atoms with van der Waals surface area (Å²) in [6, 6.07) is 19.1. The Labute approximate surface area is 315 Å². The van der Waals surface area contributed by atoms with Crippen molar-refractivity contribution >= 4 is 75.8 Å². The Morgan fingerprint density at radius 1 is 0.353 bits per heavy atom. The van der Waals surface area contributed by atoms with Gasteiger partial charge in [-0.3, -0.25) is 0 Å². The molecule has 1 nitrogen and oxygen atoms in total. The first-order valence-electron chi connectivity index (χ1n) is 23.9. The monoisotopic (exact) mass is 661 g/mol. The molecule has 0 radical (unpaired) electrons. The molecular formula is C50H30O. The molecular weight excluding hydrogens is 617 g/mol. The normalized spacial score (nSPS) is 16.0. The maximum atomic E-state index is 9.45. The SMILES string of the molecule is [2H]c1c([2H])c([2H])c2c(-c3c4c([2H])c([2H])c([2H])c([2H])c4c(-c4ccc5ccc(-c6ccc7oc8ccc9ccccc9c8c7c6)cc5c4)c4c([2H])c([2H])c([2H])c([2H])c34)c([2H])c([2H])c([2H])c2c1[2H]. The molecule has 0 saturated heterocycles. The second kappa shape index (κ2) is 10.9. The molecule has 0 aliphatic rings. The van der Waals surface area contributed by atoms with Crippen LogP contribution in [0.4, 0.5) is 0 Å². The molecule has 0 aliphatic heterocycles. The first-order chi connectivity index (χ1) is 31.5. The van der Waals surface area contributed by atoms with Crippen LogP contribution in [0, 0.1) is 0 Å². The van der Waals surface area contributed by atoms with Gasteiger partial charge in [0.15, 0.2) is 0 Å². The summed E-state index contributed by atoms with van der Waals surface area (Å²) in [6.07, 6.45) is 0. The van der Waals surface area contributed by atoms with Crippen LogP contribution in [0.5, 0.6) is 0 Å². The third-order valence-electron chi connectivity index (χ3n) is 9.76. The summed E-state index contributed by atoms with van der Waals surface area (Å²) < 4.78 is 141. The fraction of sp³-hybridized carbons (Fsp3) is 0. The number of furan rings is 1. The summed E-state index contributed by atoms with van der Waals surface area (Å²) in [5.74, 6) is 0. The van der Waals surface area contributed by atoms with Crippen LogP contribution in [-0.4, -0.2) is 0 Å². The van der Waals surface area contributed by atoms with Crippen LogP contribution in [0.3, 0.4) is 0 Å². The lowest BCUT2D eigenvalue weighted by Crippen LogP contribution is -1.91. The topological polar surface area (TPSA) is 13.1 Å². The van der Waals surface area contributed by atoms with E-state index in [-0.39, 0.29) is 32.7 Å². The molecule has 51 heavy (non-hydrogen) atoms. The lowest BCUT2D eigenvalue weighted by molar-refractivity contribution is 0.669. The minimum absolute atomic E-state index is 0.0363. The average Bonchev–Trinajstić information content (AvgIpc) is 3.71. The van der Waals surface area contributed by atoms with Crippen molar-refractivity contribution in [3.63, 3.8) is 0 Å². The highest BCUT2D eigenvalue weighted by molar-refractivity contribution is 6.24. The number of rotatable bonds is 3. The quantitative estimate of drug-likeness (QED) is 0.172. The van der Waals surface area contributed by atoms with E-state index < -0.39 is 107 Å². The van der Waals surface area contributed by atoms with Crippen molar-refractivity contribution in [1.29, 1.82) is 0 Å². The Hall–Kier alpha value is -6.70. The van der Waals surface area contributed by atoms with Gasteiger partial charge in [-0.1, -0.05) is 151 Å². The van der Waals surface area contributed by atoms with Gasteiger partial charge in [-0.15, -0.1) is 0 Å². The van der Waals surface area contributed by atoms with E-state index in [0.717, 1.165) is 49.2 Å². The Kier molecular flexibility index (Phi) is 3.70. The molecule has 0 unspecified atom stereocenters. The summed E-state index contributed by atoms with van der Waals surface area (Å²) in [7, 11) is 0. The van der Waals surface area contributed by atoms with Crippen LogP contribution < -0.4 is 0 Å². The molecule has 0 N–H and O–H groups in total. The molecule has 0 saturated carbocycles. The summed E-state index contributed by atoms with van der Waals surface area (Å²) in [5.41, 5.74) is 2.79. The minimum atomic E-state index is -0.756. The van der Waals surface area contributed by atoms with E-state index in [1.807, 2.05) is 54.6 Å². The van der Waals surface area contributed by atoms with E-state index in [4.69, 9.17) is 18.1 Å². The minimum Gasteiger partial charge on any atom is -0.456 e. The maximum absolute atomic E-state index is 9.45. The van der Waals surface area contributed by atoms with Gasteiger partial charge in [0, 0.05) is 10.8 Å². The molecule has 0 atom stereocenters. The first-order valence-corrected chi connectivity index (χ1v) is 16.4. The second-order valence-corrected chi connectivity index (χ2v) is 12.5. The second-order valence-electron chi connectivity index (χ2n) is 12.5. The van der Waals surface area contributed by atoms with E-state index in [9.17, 15) is 6.85 Å². The van der Waals surface area contributed by atoms with Crippen LogP contribution in [0.15, 0.2) is 186 Å². The number of hydrogen-bond donors (Lipinski definition) is 0. The highest BCUT2D eigenvalue weighted by Crippen LogP contribution is 2.46. The van der Waals surface area contributed by atoms with Gasteiger partial charge in [0.1, 0.15) is 11.2 Å². The standard InChI is InChI=1S/C50H30O/c1-3-13-38-32(10-1)12-9-19-40(38)49-43-17-7-5-15-41(43)48(42-16-6-8-18-44(42)49)36-23-21-31-20-22-34(28-37(31)29-36)35-25-26-46-45(30-35)50-39-14-4-2-11-33(39)24-27-47(50)51-46/h1-30H/i1D,3D,5D,6D,7D,8D,9D,10D,12D,13D,15D,16D,17D,18D,19D. The lowest BCUT2D eigenvalue weighted by atomic mass is 9.84. The van der Waals surface area contributed by atoms with Gasteiger partial charge >= 0.3 is 0 Å². The Balaban J connectivity index is 1.26. The van der Waals surface area contributed by atoms with Gasteiger partial charge in [-0.05, 0) is 118 Å². The van der Waals surface area contributed by atoms with Gasteiger partial charge in [0.25, 0.3) is 0 Å². The molecule has 0 aliphatic carbocycles.